The third-order valence-electron chi connectivity index (χ3n) is 3.97. The number of nitrogens with zero attached hydrogens (tertiary/aromatic N) is 2. The lowest BCUT2D eigenvalue weighted by atomic mass is 10.0. The monoisotopic (exact) mass is 366 g/mol. The maximum absolute atomic E-state index is 12.5. The first-order valence-corrected chi connectivity index (χ1v) is 9.21. The predicted molar refractivity (Wildman–Crippen MR) is 89.6 cm³/mol. The van der Waals surface area contributed by atoms with Crippen LogP contribution < -0.4 is 0 Å². The van der Waals surface area contributed by atoms with Crippen molar-refractivity contribution < 1.29 is 18.3 Å². The molecule has 6 nitrogen and oxygen atoms in total. The summed E-state index contributed by atoms with van der Waals surface area (Å²) in [5, 5.41) is 9.38. The fourth-order valence-electron chi connectivity index (χ4n) is 2.72. The number of rotatable bonds is 4. The maximum Gasteiger partial charge on any atom is 0.336 e. The summed E-state index contributed by atoms with van der Waals surface area (Å²) in [6.07, 6.45) is 3.11. The van der Waals surface area contributed by atoms with Gasteiger partial charge in [-0.2, -0.15) is 4.31 Å². The van der Waals surface area contributed by atoms with Crippen molar-refractivity contribution in [3.63, 3.8) is 0 Å². The van der Waals surface area contributed by atoms with Gasteiger partial charge in [-0.1, -0.05) is 23.7 Å². The fourth-order valence-corrected chi connectivity index (χ4v) is 4.40. The van der Waals surface area contributed by atoms with Crippen molar-refractivity contribution in [3.05, 3.63) is 47.2 Å². The summed E-state index contributed by atoms with van der Waals surface area (Å²) in [5.41, 5.74) is 0.971. The summed E-state index contributed by atoms with van der Waals surface area (Å²) in [6, 6.07) is 7.42. The molecule has 126 valence electrons. The quantitative estimate of drug-likeness (QED) is 0.840. The van der Waals surface area contributed by atoms with E-state index in [1.165, 1.54) is 28.7 Å². The Morgan fingerprint density at radius 2 is 1.79 bits per heavy atom. The molecule has 0 aliphatic carbocycles. The van der Waals surface area contributed by atoms with Crippen molar-refractivity contribution >= 4 is 27.6 Å². The van der Waals surface area contributed by atoms with Crippen LogP contribution in [0.3, 0.4) is 0 Å². The zero-order valence-electron chi connectivity index (χ0n) is 12.6. The van der Waals surface area contributed by atoms with Crippen LogP contribution in [0.15, 0.2) is 41.4 Å². The number of hydrogen-bond acceptors (Lipinski definition) is 4. The highest BCUT2D eigenvalue weighted by molar-refractivity contribution is 7.89. The van der Waals surface area contributed by atoms with E-state index in [1.54, 1.807) is 12.1 Å². The second-order valence-electron chi connectivity index (χ2n) is 5.49. The van der Waals surface area contributed by atoms with Gasteiger partial charge < -0.3 is 5.11 Å². The minimum Gasteiger partial charge on any atom is -0.478 e. The Kier molecular flexibility index (Phi) is 4.58. The van der Waals surface area contributed by atoms with Gasteiger partial charge in [0.1, 0.15) is 5.15 Å². The summed E-state index contributed by atoms with van der Waals surface area (Å²) in [6.45, 7) is 1.07. The van der Waals surface area contributed by atoms with Crippen LogP contribution in [-0.2, 0) is 10.0 Å². The van der Waals surface area contributed by atoms with E-state index in [0.29, 0.717) is 24.2 Å². The zero-order valence-corrected chi connectivity index (χ0v) is 14.2. The third kappa shape index (κ3) is 3.15. The van der Waals surface area contributed by atoms with Gasteiger partial charge in [-0.3, -0.25) is 0 Å². The molecule has 0 atom stereocenters. The molecule has 2 heterocycles. The Morgan fingerprint density at radius 1 is 1.17 bits per heavy atom. The molecule has 3 rings (SSSR count). The van der Waals surface area contributed by atoms with Gasteiger partial charge in [-0.25, -0.2) is 18.2 Å². The first kappa shape index (κ1) is 16.9. The van der Waals surface area contributed by atoms with Gasteiger partial charge >= 0.3 is 5.97 Å². The summed E-state index contributed by atoms with van der Waals surface area (Å²) in [5.74, 6) is -1.12. The van der Waals surface area contributed by atoms with Crippen molar-refractivity contribution in [3.8, 4) is 11.1 Å². The summed E-state index contributed by atoms with van der Waals surface area (Å²) in [4.78, 5) is 15.5. The highest BCUT2D eigenvalue weighted by Gasteiger charge is 2.27. The van der Waals surface area contributed by atoms with E-state index in [0.717, 1.165) is 12.8 Å². The van der Waals surface area contributed by atoms with Crippen LogP contribution in [0.5, 0.6) is 0 Å². The van der Waals surface area contributed by atoms with Crippen LogP contribution in [0.1, 0.15) is 23.2 Å². The smallest absolute Gasteiger partial charge is 0.336 e. The average molecular weight is 367 g/mol. The predicted octanol–water partition coefficient (Wildman–Crippen LogP) is 2.88. The Balaban J connectivity index is 1.97. The number of carboxylic acids is 1. The molecule has 0 radical (unpaired) electrons. The maximum atomic E-state index is 12.5. The van der Waals surface area contributed by atoms with Gasteiger partial charge in [0.25, 0.3) is 0 Å². The van der Waals surface area contributed by atoms with Gasteiger partial charge in [0.15, 0.2) is 0 Å². The molecule has 0 bridgehead atoms. The number of hydrogen-bond donors (Lipinski definition) is 1. The molecule has 0 saturated carbocycles. The number of carbonyl (C=O) groups is 1. The van der Waals surface area contributed by atoms with Crippen LogP contribution in [0.2, 0.25) is 5.15 Å². The summed E-state index contributed by atoms with van der Waals surface area (Å²) in [7, 11) is -3.49. The number of aromatic nitrogens is 1. The SMILES string of the molecule is O=C(O)c1cc(Cl)ncc1-c1ccc(S(=O)(=O)N2CCCC2)cc1. The number of benzene rings is 1. The summed E-state index contributed by atoms with van der Waals surface area (Å²) >= 11 is 5.75. The molecular weight excluding hydrogens is 352 g/mol. The molecule has 2 aromatic rings. The van der Waals surface area contributed by atoms with E-state index < -0.39 is 16.0 Å². The first-order chi connectivity index (χ1) is 11.4. The molecule has 1 saturated heterocycles. The molecule has 1 aliphatic rings. The minimum atomic E-state index is -3.49. The fraction of sp³-hybridized carbons (Fsp3) is 0.250. The van der Waals surface area contributed by atoms with Crippen LogP contribution in [-0.4, -0.2) is 41.9 Å². The second-order valence-corrected chi connectivity index (χ2v) is 7.82. The van der Waals surface area contributed by atoms with E-state index >= 15 is 0 Å². The van der Waals surface area contributed by atoms with Gasteiger partial charge in [0.05, 0.1) is 10.5 Å². The van der Waals surface area contributed by atoms with Crippen LogP contribution >= 0.6 is 11.6 Å². The van der Waals surface area contributed by atoms with Crippen LogP contribution in [0.4, 0.5) is 0 Å². The number of sulfonamides is 1. The molecule has 1 N–H and O–H groups in total. The lowest BCUT2D eigenvalue weighted by molar-refractivity contribution is 0.0697. The Bertz CT molecular complexity index is 875. The zero-order chi connectivity index (χ0) is 17.3. The number of pyridine rings is 1. The lowest BCUT2D eigenvalue weighted by Gasteiger charge is -2.15. The van der Waals surface area contributed by atoms with Gasteiger partial charge in [0, 0.05) is 24.8 Å². The van der Waals surface area contributed by atoms with Crippen molar-refractivity contribution in [2.24, 2.45) is 0 Å². The molecule has 24 heavy (non-hydrogen) atoms. The lowest BCUT2D eigenvalue weighted by Crippen LogP contribution is -2.27. The molecular formula is C16H15ClN2O4S. The molecule has 0 spiro atoms. The van der Waals surface area contributed by atoms with Gasteiger partial charge in [-0.15, -0.1) is 0 Å². The standard InChI is InChI=1S/C16H15ClN2O4S/c17-15-9-13(16(20)21)14(10-18-15)11-3-5-12(6-4-11)24(22,23)19-7-1-2-8-19/h3-6,9-10H,1-2,7-8H2,(H,20,21). The van der Waals surface area contributed by atoms with Crippen molar-refractivity contribution in [2.45, 2.75) is 17.7 Å². The van der Waals surface area contributed by atoms with E-state index in [1.807, 2.05) is 0 Å². The number of halogens is 1. The molecule has 0 amide bonds. The molecule has 1 aliphatic heterocycles. The average Bonchev–Trinajstić information content (AvgIpc) is 3.10. The normalized spacial score (nSPS) is 15.5. The molecule has 8 heteroatoms. The Labute approximate surface area is 144 Å². The van der Waals surface area contributed by atoms with Crippen molar-refractivity contribution in [1.29, 1.82) is 0 Å². The summed E-state index contributed by atoms with van der Waals surface area (Å²) < 4.78 is 26.5. The topological polar surface area (TPSA) is 87.6 Å². The molecule has 1 aromatic carbocycles. The van der Waals surface area contributed by atoms with Crippen LogP contribution in [0.25, 0.3) is 11.1 Å². The highest BCUT2D eigenvalue weighted by Crippen LogP contribution is 2.28. The molecule has 0 unspecified atom stereocenters. The Hall–Kier alpha value is -1.96. The highest BCUT2D eigenvalue weighted by atomic mass is 35.5. The number of carboxylic acid groups (broad SMARTS) is 1. The Morgan fingerprint density at radius 3 is 2.38 bits per heavy atom. The molecule has 1 fully saturated rings. The second kappa shape index (κ2) is 6.51. The van der Waals surface area contributed by atoms with Crippen molar-refractivity contribution in [1.82, 2.24) is 9.29 Å². The van der Waals surface area contributed by atoms with Crippen LogP contribution in [0, 0.1) is 0 Å². The third-order valence-corrected chi connectivity index (χ3v) is 6.09. The largest absolute Gasteiger partial charge is 0.478 e. The molecule has 1 aromatic heterocycles. The first-order valence-electron chi connectivity index (χ1n) is 7.39. The van der Waals surface area contributed by atoms with Gasteiger partial charge in [0.2, 0.25) is 10.0 Å². The van der Waals surface area contributed by atoms with E-state index in [4.69, 9.17) is 11.6 Å². The van der Waals surface area contributed by atoms with Gasteiger partial charge in [-0.05, 0) is 36.6 Å². The minimum absolute atomic E-state index is 0.0187. The van der Waals surface area contributed by atoms with E-state index in [-0.39, 0.29) is 15.6 Å². The number of aromatic carboxylic acids is 1. The van der Waals surface area contributed by atoms with Crippen molar-refractivity contribution in [2.75, 3.05) is 13.1 Å². The van der Waals surface area contributed by atoms with E-state index in [2.05, 4.69) is 4.98 Å². The van der Waals surface area contributed by atoms with E-state index in [9.17, 15) is 18.3 Å².